The van der Waals surface area contributed by atoms with Crippen LogP contribution >= 0.6 is 0 Å². The fraction of sp³-hybridized carbons (Fsp3) is 0.579. The van der Waals surface area contributed by atoms with E-state index < -0.39 is 0 Å². The van der Waals surface area contributed by atoms with Gasteiger partial charge in [0.25, 0.3) is 0 Å². The van der Waals surface area contributed by atoms with Gasteiger partial charge in [0.05, 0.1) is 12.1 Å². The monoisotopic (exact) mass is 310 g/mol. The maximum absolute atomic E-state index is 8.95. The molecule has 0 aliphatic carbocycles. The fourth-order valence-corrected chi connectivity index (χ4v) is 3.26. The smallest absolute Gasteiger partial charge is 0.0988 e. The van der Waals surface area contributed by atoms with Gasteiger partial charge in [-0.15, -0.1) is 0 Å². The third-order valence-corrected chi connectivity index (χ3v) is 4.78. The highest BCUT2D eigenvalue weighted by atomic mass is 15.2. The van der Waals surface area contributed by atoms with Gasteiger partial charge in [-0.05, 0) is 51.9 Å². The van der Waals surface area contributed by atoms with Crippen LogP contribution in [-0.2, 0) is 0 Å². The van der Waals surface area contributed by atoms with Crippen molar-refractivity contribution in [1.82, 2.24) is 9.80 Å². The van der Waals surface area contributed by atoms with E-state index in [4.69, 9.17) is 10.5 Å². The van der Waals surface area contributed by atoms with Crippen molar-refractivity contribution in [2.75, 3.05) is 32.7 Å². The second kappa shape index (κ2) is 8.56. The van der Waals surface area contributed by atoms with Crippen molar-refractivity contribution < 1.29 is 0 Å². The van der Waals surface area contributed by atoms with Gasteiger partial charge >= 0.3 is 0 Å². The number of nitrogens with zero attached hydrogens (tertiary/aromatic N) is 4. The van der Waals surface area contributed by atoms with Crippen LogP contribution in [0, 0.1) is 34.5 Å². The molecule has 0 unspecified atom stereocenters. The predicted molar refractivity (Wildman–Crippen MR) is 92.1 cm³/mol. The summed E-state index contributed by atoms with van der Waals surface area (Å²) in [5, 5.41) is 17.9. The Bertz CT molecular complexity index is 559. The number of rotatable bonds is 5. The maximum Gasteiger partial charge on any atom is 0.0988 e. The van der Waals surface area contributed by atoms with Crippen LogP contribution in [0.5, 0.6) is 0 Å². The first-order chi connectivity index (χ1) is 11.2. The molecular weight excluding hydrogens is 284 g/mol. The van der Waals surface area contributed by atoms with Gasteiger partial charge in [0.1, 0.15) is 0 Å². The van der Waals surface area contributed by atoms with Gasteiger partial charge in [0.15, 0.2) is 0 Å². The molecule has 4 nitrogen and oxygen atoms in total. The Hall–Kier alpha value is -2.04. The summed E-state index contributed by atoms with van der Waals surface area (Å²) in [7, 11) is 0. The predicted octanol–water partition coefficient (Wildman–Crippen LogP) is 3.08. The zero-order valence-corrected chi connectivity index (χ0v) is 14.2. The molecule has 0 spiro atoms. The summed E-state index contributed by atoms with van der Waals surface area (Å²) in [5.41, 5.74) is 1.89. The molecule has 2 saturated heterocycles. The van der Waals surface area contributed by atoms with Crippen molar-refractivity contribution in [3.05, 3.63) is 35.6 Å². The highest BCUT2D eigenvalue weighted by Gasteiger charge is 2.30. The van der Waals surface area contributed by atoms with E-state index in [-0.39, 0.29) is 5.92 Å². The minimum Gasteiger partial charge on any atom is -0.371 e. The first-order valence-electron chi connectivity index (χ1n) is 8.47. The van der Waals surface area contributed by atoms with Crippen molar-refractivity contribution in [3.8, 4) is 12.1 Å². The van der Waals surface area contributed by atoms with Crippen LogP contribution in [-0.4, -0.2) is 42.5 Å². The second-order valence-electron chi connectivity index (χ2n) is 6.38. The Morgan fingerprint density at radius 1 is 1.09 bits per heavy atom. The van der Waals surface area contributed by atoms with Gasteiger partial charge < -0.3 is 9.80 Å². The topological polar surface area (TPSA) is 54.1 Å². The number of allylic oxidation sites excluding steroid dienone is 5. The van der Waals surface area contributed by atoms with E-state index in [9.17, 15) is 0 Å². The van der Waals surface area contributed by atoms with E-state index in [0.717, 1.165) is 45.6 Å². The van der Waals surface area contributed by atoms with E-state index in [0.29, 0.717) is 11.5 Å². The van der Waals surface area contributed by atoms with Crippen molar-refractivity contribution in [2.24, 2.45) is 11.8 Å². The molecule has 0 aromatic rings. The van der Waals surface area contributed by atoms with E-state index in [1.807, 2.05) is 32.1 Å². The average Bonchev–Trinajstić information content (AvgIpc) is 2.56. The standard InChI is InChI=1S/C19H26N4/c1-3-16(11-20)5-6-19(4-2)23-14-18(15-23)13-22-9-7-17(12-21)8-10-22/h3-6,17-18H,7-10,13-15H2,1-2H3/b6-5-,16-3+,19-4+. The Morgan fingerprint density at radius 2 is 1.78 bits per heavy atom. The molecular formula is C19H26N4. The molecule has 2 aliphatic heterocycles. The third kappa shape index (κ3) is 4.71. The summed E-state index contributed by atoms with van der Waals surface area (Å²) in [6.07, 6.45) is 9.90. The van der Waals surface area contributed by atoms with Crippen molar-refractivity contribution >= 4 is 0 Å². The normalized spacial score (nSPS) is 22.0. The Morgan fingerprint density at radius 3 is 2.30 bits per heavy atom. The summed E-state index contributed by atoms with van der Waals surface area (Å²) >= 11 is 0. The molecule has 0 aromatic carbocycles. The quantitative estimate of drug-likeness (QED) is 0.578. The molecule has 122 valence electrons. The molecule has 0 N–H and O–H groups in total. The highest BCUT2D eigenvalue weighted by molar-refractivity contribution is 5.36. The number of hydrogen-bond donors (Lipinski definition) is 0. The summed E-state index contributed by atoms with van der Waals surface area (Å²) in [4.78, 5) is 4.88. The molecule has 4 heteroatoms. The third-order valence-electron chi connectivity index (χ3n) is 4.78. The Kier molecular flexibility index (Phi) is 6.44. The largest absolute Gasteiger partial charge is 0.371 e. The molecule has 2 rings (SSSR count). The molecule has 0 radical (unpaired) electrons. The van der Waals surface area contributed by atoms with Crippen LogP contribution in [0.4, 0.5) is 0 Å². The average molecular weight is 310 g/mol. The van der Waals surface area contributed by atoms with Gasteiger partial charge in [0.2, 0.25) is 0 Å². The summed E-state index contributed by atoms with van der Waals surface area (Å²) < 4.78 is 0. The van der Waals surface area contributed by atoms with Crippen molar-refractivity contribution in [1.29, 1.82) is 10.5 Å². The number of hydrogen-bond acceptors (Lipinski definition) is 4. The number of nitriles is 2. The lowest BCUT2D eigenvalue weighted by Gasteiger charge is -2.44. The van der Waals surface area contributed by atoms with Gasteiger partial charge in [-0.2, -0.15) is 10.5 Å². The molecule has 0 amide bonds. The van der Waals surface area contributed by atoms with Gasteiger partial charge in [-0.25, -0.2) is 0 Å². The lowest BCUT2D eigenvalue weighted by atomic mass is 9.94. The van der Waals surface area contributed by atoms with Crippen LogP contribution in [0.3, 0.4) is 0 Å². The molecule has 23 heavy (non-hydrogen) atoms. The Labute approximate surface area is 140 Å². The van der Waals surface area contributed by atoms with E-state index >= 15 is 0 Å². The molecule has 0 bridgehead atoms. The number of likely N-dealkylation sites (tertiary alicyclic amines) is 2. The molecule has 0 aromatic heterocycles. The summed E-state index contributed by atoms with van der Waals surface area (Å²) in [6.45, 7) is 9.37. The molecule has 0 saturated carbocycles. The Balaban J connectivity index is 1.75. The number of piperidine rings is 1. The highest BCUT2D eigenvalue weighted by Crippen LogP contribution is 2.25. The molecule has 2 aliphatic rings. The van der Waals surface area contributed by atoms with Gasteiger partial charge in [-0.3, -0.25) is 0 Å². The lowest BCUT2D eigenvalue weighted by Crippen LogP contribution is -2.51. The zero-order valence-electron chi connectivity index (χ0n) is 14.2. The molecule has 2 fully saturated rings. The first kappa shape index (κ1) is 17.3. The lowest BCUT2D eigenvalue weighted by molar-refractivity contribution is 0.0861. The van der Waals surface area contributed by atoms with E-state index in [2.05, 4.69) is 28.0 Å². The van der Waals surface area contributed by atoms with Crippen LogP contribution in [0.1, 0.15) is 26.7 Å². The summed E-state index contributed by atoms with van der Waals surface area (Å²) in [6, 6.07) is 4.57. The van der Waals surface area contributed by atoms with Gasteiger partial charge in [0, 0.05) is 42.7 Å². The minimum absolute atomic E-state index is 0.268. The van der Waals surface area contributed by atoms with E-state index in [1.165, 1.54) is 5.70 Å². The van der Waals surface area contributed by atoms with Gasteiger partial charge in [-0.1, -0.05) is 12.2 Å². The first-order valence-corrected chi connectivity index (χ1v) is 8.47. The van der Waals surface area contributed by atoms with Crippen molar-refractivity contribution in [3.63, 3.8) is 0 Å². The van der Waals surface area contributed by atoms with Crippen LogP contribution in [0.25, 0.3) is 0 Å². The van der Waals surface area contributed by atoms with Crippen LogP contribution < -0.4 is 0 Å². The second-order valence-corrected chi connectivity index (χ2v) is 6.38. The maximum atomic E-state index is 8.95. The van der Waals surface area contributed by atoms with Crippen LogP contribution in [0.15, 0.2) is 35.6 Å². The van der Waals surface area contributed by atoms with Crippen LogP contribution in [0.2, 0.25) is 0 Å². The minimum atomic E-state index is 0.268. The SMILES string of the molecule is C\C=C(C#N)/C=C\C(=C/C)N1CC(CN2CCC(C#N)CC2)C1. The zero-order chi connectivity index (χ0) is 16.7. The molecule has 0 atom stereocenters. The summed E-state index contributed by atoms with van der Waals surface area (Å²) in [5.74, 6) is 0.985. The van der Waals surface area contributed by atoms with E-state index in [1.54, 1.807) is 0 Å². The van der Waals surface area contributed by atoms with Crippen molar-refractivity contribution in [2.45, 2.75) is 26.7 Å². The molecule has 2 heterocycles. The fourth-order valence-electron chi connectivity index (χ4n) is 3.26.